The van der Waals surface area contributed by atoms with Gasteiger partial charge in [0.15, 0.2) is 0 Å². The van der Waals surface area contributed by atoms with Crippen molar-refractivity contribution in [1.82, 2.24) is 9.47 Å². The van der Waals surface area contributed by atoms with E-state index in [1.165, 1.54) is 6.92 Å². The lowest BCUT2D eigenvalue weighted by Gasteiger charge is -2.21. The summed E-state index contributed by atoms with van der Waals surface area (Å²) in [7, 11) is 0. The lowest BCUT2D eigenvalue weighted by molar-refractivity contribution is -0.131. The van der Waals surface area contributed by atoms with Crippen molar-refractivity contribution in [3.63, 3.8) is 0 Å². The van der Waals surface area contributed by atoms with E-state index in [4.69, 9.17) is 9.47 Å². The van der Waals surface area contributed by atoms with E-state index >= 15 is 0 Å². The van der Waals surface area contributed by atoms with Crippen LogP contribution in [0.2, 0.25) is 0 Å². The summed E-state index contributed by atoms with van der Waals surface area (Å²) in [4.78, 5) is 27.0. The lowest BCUT2D eigenvalue weighted by atomic mass is 10.1. The number of para-hydroxylation sites is 1. The van der Waals surface area contributed by atoms with Crippen LogP contribution in [0, 0.1) is 0 Å². The van der Waals surface area contributed by atoms with Gasteiger partial charge < -0.3 is 14.0 Å². The number of hydrogen-bond acceptors (Lipinski definition) is 5. The summed E-state index contributed by atoms with van der Waals surface area (Å²) in [6.45, 7) is 9.87. The maximum atomic E-state index is 13.1. The summed E-state index contributed by atoms with van der Waals surface area (Å²) in [5.41, 5.74) is 3.11. The smallest absolute Gasteiger partial charge is 0.340 e. The zero-order valence-corrected chi connectivity index (χ0v) is 21.1. The molecular formula is C24H28BrClN2O4. The number of benzene rings is 2. The van der Waals surface area contributed by atoms with Gasteiger partial charge in [-0.2, -0.15) is 0 Å². The molecule has 0 aliphatic rings. The van der Waals surface area contributed by atoms with Gasteiger partial charge in [-0.3, -0.25) is 9.69 Å². The third-order valence-electron chi connectivity index (χ3n) is 5.13. The van der Waals surface area contributed by atoms with E-state index in [9.17, 15) is 9.59 Å². The van der Waals surface area contributed by atoms with Crippen molar-refractivity contribution < 1.29 is 19.1 Å². The van der Waals surface area contributed by atoms with Crippen molar-refractivity contribution in [3.8, 4) is 11.4 Å². The summed E-state index contributed by atoms with van der Waals surface area (Å²) in [6, 6.07) is 13.5. The molecule has 32 heavy (non-hydrogen) atoms. The molecule has 3 aromatic rings. The maximum absolute atomic E-state index is 13.1. The van der Waals surface area contributed by atoms with Crippen LogP contribution in [0.5, 0.6) is 5.75 Å². The van der Waals surface area contributed by atoms with Gasteiger partial charge in [-0.15, -0.1) is 12.4 Å². The van der Waals surface area contributed by atoms with Gasteiger partial charge in [0.25, 0.3) is 0 Å². The maximum Gasteiger partial charge on any atom is 0.340 e. The first-order chi connectivity index (χ1) is 14.9. The summed E-state index contributed by atoms with van der Waals surface area (Å²) in [5.74, 6) is -0.450. The zero-order valence-electron chi connectivity index (χ0n) is 18.7. The number of carbonyl (C=O) groups excluding carboxylic acids is 2. The Hall–Kier alpha value is -2.35. The van der Waals surface area contributed by atoms with E-state index in [2.05, 4.69) is 39.2 Å². The number of nitrogens with zero attached hydrogens (tertiary/aromatic N) is 2. The molecule has 0 fully saturated rings. The molecule has 8 heteroatoms. The topological polar surface area (TPSA) is 60.8 Å². The van der Waals surface area contributed by atoms with Crippen molar-refractivity contribution in [2.75, 3.05) is 19.7 Å². The molecule has 0 atom stereocenters. The molecule has 2 aromatic carbocycles. The Morgan fingerprint density at radius 2 is 1.72 bits per heavy atom. The van der Waals surface area contributed by atoms with E-state index in [1.54, 1.807) is 13.0 Å². The van der Waals surface area contributed by atoms with Crippen molar-refractivity contribution in [3.05, 3.63) is 58.2 Å². The number of aromatic nitrogens is 1. The Kier molecular flexibility index (Phi) is 9.31. The van der Waals surface area contributed by atoms with Gasteiger partial charge in [-0.25, -0.2) is 4.79 Å². The predicted molar refractivity (Wildman–Crippen MR) is 132 cm³/mol. The second-order valence-electron chi connectivity index (χ2n) is 7.07. The summed E-state index contributed by atoms with van der Waals surface area (Å²) < 4.78 is 13.5. The average molecular weight is 524 g/mol. The highest BCUT2D eigenvalue weighted by Crippen LogP contribution is 2.38. The molecular weight excluding hydrogens is 496 g/mol. The first kappa shape index (κ1) is 25.9. The fraction of sp³-hybridized carbons (Fsp3) is 0.333. The Bertz CT molecular complexity index is 1090. The summed E-state index contributed by atoms with van der Waals surface area (Å²) in [5, 5.41) is 0.684. The lowest BCUT2D eigenvalue weighted by Crippen LogP contribution is -2.25. The quantitative estimate of drug-likeness (QED) is 0.278. The van der Waals surface area contributed by atoms with Crippen LogP contribution in [-0.4, -0.2) is 41.1 Å². The molecule has 0 amide bonds. The van der Waals surface area contributed by atoms with E-state index < -0.39 is 5.97 Å². The number of fused-ring (bicyclic) bond motifs is 1. The Balaban J connectivity index is 0.00000363. The Morgan fingerprint density at radius 1 is 1.06 bits per heavy atom. The minimum absolute atomic E-state index is 0. The fourth-order valence-corrected chi connectivity index (χ4v) is 4.10. The standard InChI is InChI=1S/C24H27BrN2O4.ClH/c1-5-26(6-2)15-21-23(24(29)30-7-3)18-13-22(31-16(4)28)19(25)14-20(18)27(21)17-11-9-8-10-12-17;/h8-14H,5-7,15H2,1-4H3;1H. The largest absolute Gasteiger partial charge is 0.462 e. The van der Waals surface area contributed by atoms with Crippen molar-refractivity contribution in [1.29, 1.82) is 0 Å². The molecule has 6 nitrogen and oxygen atoms in total. The second kappa shape index (κ2) is 11.5. The molecule has 0 saturated heterocycles. The molecule has 0 saturated carbocycles. The van der Waals surface area contributed by atoms with Crippen molar-refractivity contribution in [2.24, 2.45) is 0 Å². The first-order valence-corrected chi connectivity index (χ1v) is 11.2. The molecule has 172 valence electrons. The van der Waals surface area contributed by atoms with Crippen molar-refractivity contribution >= 4 is 51.2 Å². The number of esters is 2. The molecule has 0 bridgehead atoms. The van der Waals surface area contributed by atoms with Gasteiger partial charge in [0, 0.05) is 24.5 Å². The number of rotatable bonds is 8. The number of halogens is 2. The van der Waals surface area contributed by atoms with Gasteiger partial charge >= 0.3 is 11.9 Å². The molecule has 0 radical (unpaired) electrons. The van der Waals surface area contributed by atoms with Gasteiger partial charge in [0.05, 0.1) is 27.9 Å². The molecule has 1 heterocycles. The zero-order chi connectivity index (χ0) is 22.5. The molecule has 0 N–H and O–H groups in total. The van der Waals surface area contributed by atoms with Crippen LogP contribution in [0.15, 0.2) is 46.9 Å². The number of hydrogen-bond donors (Lipinski definition) is 0. The number of carbonyl (C=O) groups is 2. The van der Waals surface area contributed by atoms with Crippen LogP contribution in [0.1, 0.15) is 43.7 Å². The molecule has 0 aliphatic heterocycles. The Labute approximate surface area is 203 Å². The van der Waals surface area contributed by atoms with Crippen LogP contribution in [0.3, 0.4) is 0 Å². The van der Waals surface area contributed by atoms with Crippen LogP contribution in [-0.2, 0) is 16.1 Å². The fourth-order valence-electron chi connectivity index (χ4n) is 3.69. The van der Waals surface area contributed by atoms with E-state index in [0.717, 1.165) is 30.0 Å². The minimum Gasteiger partial charge on any atom is -0.462 e. The van der Waals surface area contributed by atoms with E-state index in [-0.39, 0.29) is 25.0 Å². The Morgan fingerprint density at radius 3 is 2.28 bits per heavy atom. The first-order valence-electron chi connectivity index (χ1n) is 10.4. The van der Waals surface area contributed by atoms with Gasteiger partial charge in [-0.1, -0.05) is 32.0 Å². The highest BCUT2D eigenvalue weighted by molar-refractivity contribution is 9.10. The normalized spacial score (nSPS) is 10.8. The SMILES string of the molecule is CCOC(=O)c1c(CN(CC)CC)n(-c2ccccc2)c2cc(Br)c(OC(C)=O)cc12.Cl. The minimum atomic E-state index is -0.427. The summed E-state index contributed by atoms with van der Waals surface area (Å²) >= 11 is 3.52. The predicted octanol–water partition coefficient (Wildman–Crippen LogP) is 5.76. The molecule has 0 spiro atoms. The highest BCUT2D eigenvalue weighted by Gasteiger charge is 2.27. The monoisotopic (exact) mass is 522 g/mol. The van der Waals surface area contributed by atoms with Crippen LogP contribution in [0.25, 0.3) is 16.6 Å². The molecule has 3 rings (SSSR count). The van der Waals surface area contributed by atoms with Crippen LogP contribution < -0.4 is 4.74 Å². The molecule has 0 unspecified atom stereocenters. The highest BCUT2D eigenvalue weighted by atomic mass is 79.9. The van der Waals surface area contributed by atoms with Gasteiger partial charge in [-0.05, 0) is 60.2 Å². The third kappa shape index (κ3) is 5.34. The van der Waals surface area contributed by atoms with Gasteiger partial charge in [0.2, 0.25) is 0 Å². The second-order valence-corrected chi connectivity index (χ2v) is 7.92. The molecule has 0 aliphatic carbocycles. The third-order valence-corrected chi connectivity index (χ3v) is 5.75. The van der Waals surface area contributed by atoms with Crippen molar-refractivity contribution in [2.45, 2.75) is 34.2 Å². The number of ether oxygens (including phenoxy) is 2. The molecule has 1 aromatic heterocycles. The van der Waals surface area contributed by atoms with Crippen LogP contribution >= 0.6 is 28.3 Å². The van der Waals surface area contributed by atoms with Crippen LogP contribution in [0.4, 0.5) is 0 Å². The van der Waals surface area contributed by atoms with E-state index in [0.29, 0.717) is 27.7 Å². The van der Waals surface area contributed by atoms with Gasteiger partial charge in [0.1, 0.15) is 5.75 Å². The average Bonchev–Trinajstić information content (AvgIpc) is 3.05. The van der Waals surface area contributed by atoms with E-state index in [1.807, 2.05) is 36.4 Å². The summed E-state index contributed by atoms with van der Waals surface area (Å²) in [6.07, 6.45) is 0.